The van der Waals surface area contributed by atoms with Crippen molar-refractivity contribution in [1.82, 2.24) is 10.2 Å². The summed E-state index contributed by atoms with van der Waals surface area (Å²) in [4.78, 5) is 2.46. The number of hydrogen-bond donors (Lipinski definition) is 1. The normalized spacial score (nSPS) is 14.7. The van der Waals surface area contributed by atoms with E-state index in [9.17, 15) is 0 Å². The Bertz CT molecular complexity index is 779. The zero-order valence-corrected chi connectivity index (χ0v) is 19.0. The number of morpholine rings is 1. The maximum absolute atomic E-state index is 6.22. The van der Waals surface area contributed by atoms with E-state index < -0.39 is 0 Å². The standard InChI is InChI=1S/C23H31BrN2O3/c1-18-5-3-6-19(15-18)17-29-23-20(21(24)7-8-22(23)27-2)16-25-9-4-10-26-11-13-28-14-12-26/h3,5-8,15,25H,4,9-14,16-17H2,1-2H3. The van der Waals surface area contributed by atoms with Gasteiger partial charge < -0.3 is 19.5 Å². The van der Waals surface area contributed by atoms with Gasteiger partial charge in [0.05, 0.1) is 20.3 Å². The van der Waals surface area contributed by atoms with Crippen molar-refractivity contribution in [3.05, 3.63) is 57.6 Å². The molecule has 2 aromatic carbocycles. The van der Waals surface area contributed by atoms with Crippen LogP contribution in [0.2, 0.25) is 0 Å². The molecule has 6 heteroatoms. The smallest absolute Gasteiger partial charge is 0.167 e. The summed E-state index contributed by atoms with van der Waals surface area (Å²) in [6.45, 7) is 9.18. The fourth-order valence-electron chi connectivity index (χ4n) is 3.49. The molecule has 0 unspecified atom stereocenters. The molecule has 0 spiro atoms. The molecule has 1 aliphatic rings. The predicted octanol–water partition coefficient (Wildman–Crippen LogP) is 4.16. The van der Waals surface area contributed by atoms with Crippen LogP contribution >= 0.6 is 15.9 Å². The molecule has 1 heterocycles. The summed E-state index contributed by atoms with van der Waals surface area (Å²) < 4.78 is 18.2. The summed E-state index contributed by atoms with van der Waals surface area (Å²) in [5.74, 6) is 1.55. The molecule has 0 radical (unpaired) electrons. The summed E-state index contributed by atoms with van der Waals surface area (Å²) in [7, 11) is 1.68. The Hall–Kier alpha value is -1.60. The predicted molar refractivity (Wildman–Crippen MR) is 120 cm³/mol. The summed E-state index contributed by atoms with van der Waals surface area (Å²) in [6, 6.07) is 12.3. The van der Waals surface area contributed by atoms with Crippen LogP contribution in [0.3, 0.4) is 0 Å². The van der Waals surface area contributed by atoms with Crippen molar-refractivity contribution in [2.75, 3.05) is 46.5 Å². The molecule has 0 aliphatic carbocycles. The molecule has 158 valence electrons. The lowest BCUT2D eigenvalue weighted by Gasteiger charge is -2.26. The van der Waals surface area contributed by atoms with E-state index in [2.05, 4.69) is 57.3 Å². The largest absolute Gasteiger partial charge is 0.493 e. The highest BCUT2D eigenvalue weighted by Crippen LogP contribution is 2.36. The minimum atomic E-state index is 0.512. The number of aryl methyl sites for hydroxylation is 1. The zero-order chi connectivity index (χ0) is 20.5. The van der Waals surface area contributed by atoms with Gasteiger partial charge in [-0.1, -0.05) is 45.8 Å². The lowest BCUT2D eigenvalue weighted by molar-refractivity contribution is 0.0374. The number of nitrogens with one attached hydrogen (secondary N) is 1. The quantitative estimate of drug-likeness (QED) is 0.537. The van der Waals surface area contributed by atoms with E-state index in [1.54, 1.807) is 7.11 Å². The van der Waals surface area contributed by atoms with Gasteiger partial charge in [-0.15, -0.1) is 0 Å². The Morgan fingerprint density at radius 3 is 2.76 bits per heavy atom. The number of hydrogen-bond acceptors (Lipinski definition) is 5. The lowest BCUT2D eigenvalue weighted by Crippen LogP contribution is -2.37. The van der Waals surface area contributed by atoms with Crippen LogP contribution < -0.4 is 14.8 Å². The van der Waals surface area contributed by atoms with E-state index in [1.807, 2.05) is 12.1 Å². The van der Waals surface area contributed by atoms with Crippen LogP contribution in [0.15, 0.2) is 40.9 Å². The third-order valence-corrected chi connectivity index (χ3v) is 5.83. The average Bonchev–Trinajstić information content (AvgIpc) is 2.74. The first-order chi connectivity index (χ1) is 14.2. The molecule has 0 aromatic heterocycles. The molecule has 1 fully saturated rings. The maximum Gasteiger partial charge on any atom is 0.167 e. The number of nitrogens with zero attached hydrogens (tertiary/aromatic N) is 1. The molecule has 0 atom stereocenters. The Kier molecular flexibility index (Phi) is 8.80. The van der Waals surface area contributed by atoms with Gasteiger partial charge in [-0.2, -0.15) is 0 Å². The van der Waals surface area contributed by atoms with Crippen LogP contribution in [0.4, 0.5) is 0 Å². The molecule has 1 saturated heterocycles. The van der Waals surface area contributed by atoms with Crippen LogP contribution in [0.25, 0.3) is 0 Å². The molecule has 0 bridgehead atoms. The molecule has 0 saturated carbocycles. The Labute approximate surface area is 182 Å². The average molecular weight is 463 g/mol. The fraction of sp³-hybridized carbons (Fsp3) is 0.478. The van der Waals surface area contributed by atoms with Gasteiger partial charge in [-0.25, -0.2) is 0 Å². The summed E-state index contributed by atoms with van der Waals surface area (Å²) in [5, 5.41) is 3.56. The third-order valence-electron chi connectivity index (χ3n) is 5.09. The van der Waals surface area contributed by atoms with Crippen molar-refractivity contribution < 1.29 is 14.2 Å². The van der Waals surface area contributed by atoms with Crippen LogP contribution in [0, 0.1) is 6.92 Å². The van der Waals surface area contributed by atoms with Crippen molar-refractivity contribution >= 4 is 15.9 Å². The number of ether oxygens (including phenoxy) is 3. The molecule has 2 aromatic rings. The molecular formula is C23H31BrN2O3. The summed E-state index contributed by atoms with van der Waals surface area (Å²) in [6.07, 6.45) is 1.11. The molecule has 3 rings (SSSR count). The van der Waals surface area contributed by atoms with Gasteiger partial charge >= 0.3 is 0 Å². The Morgan fingerprint density at radius 1 is 1.17 bits per heavy atom. The van der Waals surface area contributed by atoms with Gasteiger partial charge in [0, 0.05) is 29.7 Å². The van der Waals surface area contributed by atoms with Gasteiger partial charge in [-0.3, -0.25) is 4.90 Å². The van der Waals surface area contributed by atoms with Crippen molar-refractivity contribution in [1.29, 1.82) is 0 Å². The molecule has 1 aliphatic heterocycles. The van der Waals surface area contributed by atoms with Gasteiger partial charge in [-0.05, 0) is 44.1 Å². The highest BCUT2D eigenvalue weighted by atomic mass is 79.9. The maximum atomic E-state index is 6.22. The number of methoxy groups -OCH3 is 1. The van der Waals surface area contributed by atoms with Crippen LogP contribution in [-0.2, 0) is 17.9 Å². The van der Waals surface area contributed by atoms with E-state index in [0.29, 0.717) is 6.61 Å². The number of benzene rings is 2. The molecular weight excluding hydrogens is 432 g/mol. The van der Waals surface area contributed by atoms with Gasteiger partial charge in [0.15, 0.2) is 11.5 Å². The zero-order valence-electron chi connectivity index (χ0n) is 17.4. The second-order valence-corrected chi connectivity index (χ2v) is 8.17. The van der Waals surface area contributed by atoms with Gasteiger partial charge in [0.1, 0.15) is 6.61 Å². The van der Waals surface area contributed by atoms with Gasteiger partial charge in [0.2, 0.25) is 0 Å². The monoisotopic (exact) mass is 462 g/mol. The van der Waals surface area contributed by atoms with E-state index >= 15 is 0 Å². The van der Waals surface area contributed by atoms with E-state index in [1.165, 1.54) is 5.56 Å². The van der Waals surface area contributed by atoms with E-state index in [4.69, 9.17) is 14.2 Å². The lowest BCUT2D eigenvalue weighted by atomic mass is 10.1. The number of halogens is 1. The van der Waals surface area contributed by atoms with Crippen molar-refractivity contribution in [2.24, 2.45) is 0 Å². The second kappa shape index (κ2) is 11.6. The Balaban J connectivity index is 1.57. The molecule has 0 amide bonds. The van der Waals surface area contributed by atoms with Crippen molar-refractivity contribution in [3.63, 3.8) is 0 Å². The highest BCUT2D eigenvalue weighted by Gasteiger charge is 2.15. The van der Waals surface area contributed by atoms with E-state index in [0.717, 1.165) is 79.5 Å². The first kappa shape index (κ1) is 22.1. The van der Waals surface area contributed by atoms with E-state index in [-0.39, 0.29) is 0 Å². The highest BCUT2D eigenvalue weighted by molar-refractivity contribution is 9.10. The third kappa shape index (κ3) is 6.71. The molecule has 1 N–H and O–H groups in total. The SMILES string of the molecule is COc1ccc(Br)c(CNCCCN2CCOCC2)c1OCc1cccc(C)c1. The van der Waals surface area contributed by atoms with Crippen LogP contribution in [0.5, 0.6) is 11.5 Å². The van der Waals surface area contributed by atoms with Crippen molar-refractivity contribution in [3.8, 4) is 11.5 Å². The van der Waals surface area contributed by atoms with Crippen LogP contribution in [-0.4, -0.2) is 51.4 Å². The molecule has 29 heavy (non-hydrogen) atoms. The Morgan fingerprint density at radius 2 is 2.00 bits per heavy atom. The van der Waals surface area contributed by atoms with Crippen molar-refractivity contribution in [2.45, 2.75) is 26.5 Å². The number of rotatable bonds is 10. The van der Waals surface area contributed by atoms with Crippen LogP contribution in [0.1, 0.15) is 23.1 Å². The first-order valence-electron chi connectivity index (χ1n) is 10.2. The molecule has 5 nitrogen and oxygen atoms in total. The summed E-state index contributed by atoms with van der Waals surface area (Å²) >= 11 is 3.68. The minimum absolute atomic E-state index is 0.512. The minimum Gasteiger partial charge on any atom is -0.493 e. The topological polar surface area (TPSA) is 43.0 Å². The second-order valence-electron chi connectivity index (χ2n) is 7.32. The fourth-order valence-corrected chi connectivity index (χ4v) is 3.94. The first-order valence-corrected chi connectivity index (χ1v) is 11.0. The van der Waals surface area contributed by atoms with Gasteiger partial charge in [0.25, 0.3) is 0 Å². The summed E-state index contributed by atoms with van der Waals surface area (Å²) in [5.41, 5.74) is 3.47.